The first-order chi connectivity index (χ1) is 26.2. The van der Waals surface area contributed by atoms with Gasteiger partial charge >= 0.3 is 41.5 Å². The summed E-state index contributed by atoms with van der Waals surface area (Å²) in [4.78, 5) is 32.6. The van der Waals surface area contributed by atoms with Crippen LogP contribution in [0.4, 0.5) is 0 Å². The number of oxazole rings is 2. The first-order valence-electron chi connectivity index (χ1n) is 15.9. The number of esters is 1. The summed E-state index contributed by atoms with van der Waals surface area (Å²) in [6.07, 6.45) is 0.810. The number of aromatic nitrogens is 2. The molecule has 0 aliphatic heterocycles. The molecule has 0 radical (unpaired) electrons. The number of benzene rings is 4. The van der Waals surface area contributed by atoms with Gasteiger partial charge in [0, 0.05) is 28.3 Å². The molecule has 0 bridgehead atoms. The molecule has 2 heterocycles. The molecular weight excluding hydrogens is 810 g/mol. The quantitative estimate of drug-likeness (QED) is 0.0751. The molecule has 0 saturated heterocycles. The van der Waals surface area contributed by atoms with E-state index in [9.17, 15) is 14.7 Å². The van der Waals surface area contributed by atoms with Gasteiger partial charge in [-0.1, -0.05) is 98.7 Å². The number of carbonyl (C=O) groups is 2. The van der Waals surface area contributed by atoms with E-state index in [4.69, 9.17) is 67.7 Å². The number of rotatable bonds is 13. The van der Waals surface area contributed by atoms with E-state index in [0.717, 1.165) is 7.11 Å². The molecule has 0 saturated carbocycles. The van der Waals surface area contributed by atoms with E-state index in [1.165, 1.54) is 19.6 Å². The van der Waals surface area contributed by atoms with Gasteiger partial charge in [-0.2, -0.15) is 7.11 Å². The Hall–Kier alpha value is -4.37. The van der Waals surface area contributed by atoms with Gasteiger partial charge in [0.25, 0.3) is 0 Å². The van der Waals surface area contributed by atoms with Crippen molar-refractivity contribution in [1.82, 2.24) is 9.97 Å². The Kier molecular flexibility index (Phi) is 22.9. The van der Waals surface area contributed by atoms with Crippen molar-refractivity contribution in [3.05, 3.63) is 142 Å². The first-order valence-corrected chi connectivity index (χ1v) is 17.2. The molecule has 2 unspecified atom stereocenters. The molecule has 298 valence electrons. The molecule has 0 spiro atoms. The minimum absolute atomic E-state index is 0. The number of methoxy groups -OCH3 is 2. The van der Waals surface area contributed by atoms with Gasteiger partial charge in [0.1, 0.15) is 29.7 Å². The third kappa shape index (κ3) is 14.2. The second-order valence-electron chi connectivity index (χ2n) is 10.8. The molecular formula is C41H42Cl3N2NaO10. The number of carbonyl (C=O) groups excluding carboxylic acids is 1. The summed E-state index contributed by atoms with van der Waals surface area (Å²) in [7, 11) is 3.62. The van der Waals surface area contributed by atoms with E-state index in [2.05, 4.69) is 9.97 Å². The van der Waals surface area contributed by atoms with Crippen molar-refractivity contribution in [3.8, 4) is 34.4 Å². The third-order valence-electron chi connectivity index (χ3n) is 7.21. The molecule has 0 aliphatic carbocycles. The van der Waals surface area contributed by atoms with E-state index in [1.807, 2.05) is 18.2 Å². The SMILES string of the molecule is C.C.COC(=O)C(Oc1ccc(Cl)cc1-c1nc(CCl)co1)c1ccccc1.COCc1coc(-c2cc(Cl)ccc2OC(C(=O)O)c2ccccc2)n1.C[O-].[Na+]. The van der Waals surface area contributed by atoms with Crippen LogP contribution < -0.4 is 44.1 Å². The molecule has 16 heteroatoms. The van der Waals surface area contributed by atoms with E-state index in [1.54, 1.807) is 86.0 Å². The van der Waals surface area contributed by atoms with Crippen LogP contribution >= 0.6 is 34.8 Å². The Morgan fingerprint density at radius 1 is 0.719 bits per heavy atom. The number of aliphatic carboxylic acids is 1. The van der Waals surface area contributed by atoms with Gasteiger partial charge in [-0.25, -0.2) is 19.6 Å². The Morgan fingerprint density at radius 3 is 1.58 bits per heavy atom. The standard InChI is InChI=1S/C19H15Cl2NO4.C19H16ClNO5.CH3O.2CH4.Na/c1-24-19(23)17(12-5-3-2-4-6-12)26-16-8-7-13(21)9-15(16)18-22-14(10-20)11-25-18;1-24-10-14-11-25-18(21-14)15-9-13(20)7-8-16(15)26-17(19(22)23)12-5-3-2-4-6-12;1-2;;;/h2-9,11,17H,10H2,1H3;2-9,11,17H,10H2,1H3,(H,22,23);1H3;2*1H4;/q;;-1;;;+1. The van der Waals surface area contributed by atoms with Gasteiger partial charge in [0.2, 0.25) is 24.0 Å². The Labute approximate surface area is 368 Å². The second kappa shape index (κ2) is 25.8. The van der Waals surface area contributed by atoms with Crippen LogP contribution in [0.3, 0.4) is 0 Å². The van der Waals surface area contributed by atoms with Crippen molar-refractivity contribution >= 4 is 46.7 Å². The third-order valence-corrected chi connectivity index (χ3v) is 7.95. The second-order valence-corrected chi connectivity index (χ2v) is 12.0. The van der Waals surface area contributed by atoms with Crippen molar-refractivity contribution in [3.63, 3.8) is 0 Å². The van der Waals surface area contributed by atoms with E-state index < -0.39 is 24.1 Å². The van der Waals surface area contributed by atoms with Crippen LogP contribution in [0.2, 0.25) is 10.0 Å². The molecule has 0 amide bonds. The molecule has 57 heavy (non-hydrogen) atoms. The number of hydrogen-bond donors (Lipinski definition) is 1. The van der Waals surface area contributed by atoms with Gasteiger partial charge < -0.3 is 38.0 Å². The molecule has 12 nitrogen and oxygen atoms in total. The normalized spacial score (nSPS) is 10.9. The van der Waals surface area contributed by atoms with Crippen molar-refractivity contribution in [2.45, 2.75) is 39.5 Å². The summed E-state index contributed by atoms with van der Waals surface area (Å²) in [6.45, 7) is 0.294. The average Bonchev–Trinajstić information content (AvgIpc) is 3.89. The molecule has 0 fully saturated rings. The smallest absolute Gasteiger partial charge is 0.857 e. The predicted molar refractivity (Wildman–Crippen MR) is 213 cm³/mol. The zero-order valence-corrected chi connectivity index (χ0v) is 34.4. The zero-order valence-electron chi connectivity index (χ0n) is 30.1. The number of nitrogens with zero attached hydrogens (tertiary/aromatic N) is 2. The zero-order chi connectivity index (χ0) is 39.0. The number of alkyl halides is 1. The minimum atomic E-state index is -1.18. The molecule has 6 rings (SSSR count). The minimum Gasteiger partial charge on any atom is -0.857 e. The van der Waals surface area contributed by atoms with Crippen LogP contribution in [0.1, 0.15) is 49.6 Å². The van der Waals surface area contributed by atoms with Crippen LogP contribution in [-0.4, -0.2) is 48.3 Å². The van der Waals surface area contributed by atoms with Crippen molar-refractivity contribution in [2.24, 2.45) is 0 Å². The Balaban J connectivity index is 0.000000520. The molecule has 0 aliphatic rings. The predicted octanol–water partition coefficient (Wildman–Crippen LogP) is 6.63. The first kappa shape index (κ1) is 50.6. The fraction of sp³-hybridized carbons (Fsp3) is 0.220. The van der Waals surface area contributed by atoms with Gasteiger partial charge in [0.15, 0.2) is 0 Å². The maximum Gasteiger partial charge on any atom is 1.00 e. The van der Waals surface area contributed by atoms with Crippen LogP contribution in [-0.2, 0) is 31.5 Å². The summed E-state index contributed by atoms with van der Waals surface area (Å²) >= 11 is 18.0. The largest absolute Gasteiger partial charge is 1.00 e. The number of carboxylic acid groups (broad SMARTS) is 1. The number of hydrogen-bond acceptors (Lipinski definition) is 11. The van der Waals surface area contributed by atoms with Crippen molar-refractivity contribution < 1.29 is 77.1 Å². The molecule has 4 aromatic carbocycles. The molecule has 6 aromatic rings. The molecule has 2 atom stereocenters. The molecule has 2 aromatic heterocycles. The fourth-order valence-corrected chi connectivity index (χ4v) is 5.28. The fourth-order valence-electron chi connectivity index (χ4n) is 4.81. The number of carboxylic acids is 1. The van der Waals surface area contributed by atoms with E-state index >= 15 is 0 Å². The van der Waals surface area contributed by atoms with Gasteiger partial charge in [-0.3, -0.25) is 0 Å². The summed E-state index contributed by atoms with van der Waals surface area (Å²) in [5.41, 5.74) is 3.34. The van der Waals surface area contributed by atoms with E-state index in [-0.39, 0.29) is 56.2 Å². The van der Waals surface area contributed by atoms with Crippen LogP contribution in [0.25, 0.3) is 22.9 Å². The van der Waals surface area contributed by atoms with Gasteiger partial charge in [-0.15, -0.1) is 11.6 Å². The Morgan fingerprint density at radius 2 is 1.16 bits per heavy atom. The van der Waals surface area contributed by atoms with Crippen LogP contribution in [0.15, 0.2) is 118 Å². The average molecular weight is 852 g/mol. The maximum atomic E-state index is 12.3. The maximum absolute atomic E-state index is 12.3. The summed E-state index contributed by atoms with van der Waals surface area (Å²) < 4.78 is 32.6. The van der Waals surface area contributed by atoms with Crippen molar-refractivity contribution in [2.75, 3.05) is 21.3 Å². The van der Waals surface area contributed by atoms with Crippen LogP contribution in [0.5, 0.6) is 11.5 Å². The topological polar surface area (TPSA) is 166 Å². The van der Waals surface area contributed by atoms with E-state index in [0.29, 0.717) is 67.7 Å². The van der Waals surface area contributed by atoms with Crippen molar-refractivity contribution in [1.29, 1.82) is 0 Å². The molecule has 1 N–H and O–H groups in total. The monoisotopic (exact) mass is 850 g/mol. The number of ether oxygens (including phenoxy) is 4. The van der Waals surface area contributed by atoms with Gasteiger partial charge in [0.05, 0.1) is 36.4 Å². The number of halogens is 3. The summed E-state index contributed by atoms with van der Waals surface area (Å²) in [5.74, 6) is -0.153. The van der Waals surface area contributed by atoms with Crippen LogP contribution in [0, 0.1) is 0 Å². The van der Waals surface area contributed by atoms with Gasteiger partial charge in [-0.05, 0) is 36.4 Å². The summed E-state index contributed by atoms with van der Waals surface area (Å²) in [5, 5.41) is 18.7. The summed E-state index contributed by atoms with van der Waals surface area (Å²) in [6, 6.07) is 27.5. The Bertz CT molecular complexity index is 2100.